The molecule has 0 atom stereocenters. The van der Waals surface area contributed by atoms with Crippen molar-refractivity contribution in [3.05, 3.63) is 59.7 Å². The summed E-state index contributed by atoms with van der Waals surface area (Å²) >= 11 is 0. The first-order chi connectivity index (χ1) is 19.2. The number of hydrogen-bond acceptors (Lipinski definition) is 7. The van der Waals surface area contributed by atoms with E-state index in [2.05, 4.69) is 12.2 Å². The van der Waals surface area contributed by atoms with E-state index in [1.54, 1.807) is 48.5 Å². The molecule has 0 aliphatic carbocycles. The number of nitrogens with one attached hydrogen (secondary N) is 1. The molecule has 1 heterocycles. The van der Waals surface area contributed by atoms with Crippen LogP contribution < -0.4 is 10.1 Å². The number of benzene rings is 2. The Balaban J connectivity index is 1.31. The molecule has 1 aliphatic heterocycles. The molecule has 3 rings (SSSR count). The van der Waals surface area contributed by atoms with Gasteiger partial charge in [0.2, 0.25) is 0 Å². The summed E-state index contributed by atoms with van der Waals surface area (Å²) in [7, 11) is 0. The molecule has 0 aromatic heterocycles. The normalized spacial score (nSPS) is 13.3. The maximum atomic E-state index is 12.8. The Morgan fingerprint density at radius 3 is 1.97 bits per heavy atom. The summed E-state index contributed by atoms with van der Waals surface area (Å²) in [5.41, 5.74) is 1.63. The standard InChI is InChI=1S/C30H42N2O7/c1-2-14-35-15-16-36-17-18-37-19-20-38-21-22-39-28-11-7-8-25(24-28)29(33)31-27-10-6-9-26(23-27)30(34)32-12-4-3-5-13-32/h6-11,23-24H,2-5,12-22H2,1H3,(H,31,33). The highest BCUT2D eigenvalue weighted by Crippen LogP contribution is 2.18. The van der Waals surface area contributed by atoms with Crippen LogP contribution >= 0.6 is 0 Å². The Bertz CT molecular complexity index is 995. The molecule has 1 saturated heterocycles. The van der Waals surface area contributed by atoms with Crippen LogP contribution in [0.1, 0.15) is 53.3 Å². The van der Waals surface area contributed by atoms with Crippen LogP contribution in [0.2, 0.25) is 0 Å². The van der Waals surface area contributed by atoms with Crippen LogP contribution in [0.4, 0.5) is 5.69 Å². The van der Waals surface area contributed by atoms with Crippen LogP contribution in [-0.2, 0) is 18.9 Å². The van der Waals surface area contributed by atoms with Gasteiger partial charge in [-0.25, -0.2) is 0 Å². The zero-order valence-electron chi connectivity index (χ0n) is 23.0. The lowest BCUT2D eigenvalue weighted by molar-refractivity contribution is -0.00450. The first kappa shape index (κ1) is 30.6. The predicted octanol–water partition coefficient (Wildman–Crippen LogP) is 4.42. The highest BCUT2D eigenvalue weighted by atomic mass is 16.6. The smallest absolute Gasteiger partial charge is 0.255 e. The molecule has 1 aliphatic rings. The summed E-state index contributed by atoms with van der Waals surface area (Å²) in [6.07, 6.45) is 4.24. The monoisotopic (exact) mass is 542 g/mol. The van der Waals surface area contributed by atoms with Gasteiger partial charge in [0.25, 0.3) is 11.8 Å². The molecule has 2 aromatic carbocycles. The summed E-state index contributed by atoms with van der Waals surface area (Å²) in [5.74, 6) is 0.318. The van der Waals surface area contributed by atoms with Gasteiger partial charge in [0.05, 0.1) is 46.2 Å². The number of amides is 2. The molecule has 0 spiro atoms. The van der Waals surface area contributed by atoms with E-state index < -0.39 is 0 Å². The van der Waals surface area contributed by atoms with E-state index in [4.69, 9.17) is 23.7 Å². The first-order valence-electron chi connectivity index (χ1n) is 13.9. The van der Waals surface area contributed by atoms with Crippen molar-refractivity contribution in [1.82, 2.24) is 4.90 Å². The minimum Gasteiger partial charge on any atom is -0.491 e. The number of carbonyl (C=O) groups is 2. The van der Waals surface area contributed by atoms with Crippen molar-refractivity contribution in [2.45, 2.75) is 32.6 Å². The van der Waals surface area contributed by atoms with E-state index in [9.17, 15) is 9.59 Å². The largest absolute Gasteiger partial charge is 0.491 e. The second-order valence-electron chi connectivity index (χ2n) is 9.21. The molecule has 0 radical (unpaired) electrons. The molecule has 39 heavy (non-hydrogen) atoms. The molecule has 214 valence electrons. The van der Waals surface area contributed by atoms with E-state index in [1.165, 1.54) is 0 Å². The quantitative estimate of drug-likeness (QED) is 0.279. The summed E-state index contributed by atoms with van der Waals surface area (Å²) in [6.45, 7) is 8.35. The highest BCUT2D eigenvalue weighted by Gasteiger charge is 2.18. The van der Waals surface area contributed by atoms with Crippen LogP contribution in [0.3, 0.4) is 0 Å². The summed E-state index contributed by atoms with van der Waals surface area (Å²) < 4.78 is 27.5. The predicted molar refractivity (Wildman–Crippen MR) is 150 cm³/mol. The third-order valence-corrected chi connectivity index (χ3v) is 6.07. The molecular weight excluding hydrogens is 500 g/mol. The van der Waals surface area contributed by atoms with Crippen molar-refractivity contribution in [3.8, 4) is 5.75 Å². The average Bonchev–Trinajstić information content (AvgIpc) is 2.97. The Labute approximate surface area is 231 Å². The zero-order chi connectivity index (χ0) is 27.5. The number of piperidine rings is 1. The number of hydrogen-bond donors (Lipinski definition) is 1. The van der Waals surface area contributed by atoms with Gasteiger partial charge in [-0.1, -0.05) is 19.1 Å². The average molecular weight is 543 g/mol. The van der Waals surface area contributed by atoms with Crippen molar-refractivity contribution < 1.29 is 33.3 Å². The molecule has 0 unspecified atom stereocenters. The van der Waals surface area contributed by atoms with E-state index in [1.807, 2.05) is 4.90 Å². The summed E-state index contributed by atoms with van der Waals surface area (Å²) in [5, 5.41) is 2.88. The number of likely N-dealkylation sites (tertiary alicyclic amines) is 1. The summed E-state index contributed by atoms with van der Waals surface area (Å²) in [4.78, 5) is 27.5. The maximum Gasteiger partial charge on any atom is 0.255 e. The van der Waals surface area contributed by atoms with E-state index >= 15 is 0 Å². The van der Waals surface area contributed by atoms with Crippen LogP contribution in [-0.4, -0.2) is 89.3 Å². The van der Waals surface area contributed by atoms with Crippen molar-refractivity contribution in [2.75, 3.05) is 77.9 Å². The summed E-state index contributed by atoms with van der Waals surface area (Å²) in [6, 6.07) is 14.1. The second kappa shape index (κ2) is 18.3. The van der Waals surface area contributed by atoms with E-state index in [0.717, 1.165) is 45.4 Å². The number of anilines is 1. The number of carbonyl (C=O) groups excluding carboxylic acids is 2. The Morgan fingerprint density at radius 2 is 1.31 bits per heavy atom. The lowest BCUT2D eigenvalue weighted by Crippen LogP contribution is -2.35. The third kappa shape index (κ3) is 11.7. The van der Waals surface area contributed by atoms with Crippen molar-refractivity contribution >= 4 is 17.5 Å². The highest BCUT2D eigenvalue weighted by molar-refractivity contribution is 6.05. The molecule has 0 bridgehead atoms. The van der Waals surface area contributed by atoms with Crippen LogP contribution in [0.25, 0.3) is 0 Å². The molecule has 0 saturated carbocycles. The van der Waals surface area contributed by atoms with Crippen LogP contribution in [0.5, 0.6) is 5.75 Å². The molecular formula is C30H42N2O7. The Hall–Kier alpha value is -2.98. The molecule has 1 N–H and O–H groups in total. The fourth-order valence-electron chi connectivity index (χ4n) is 4.06. The van der Waals surface area contributed by atoms with Crippen LogP contribution in [0, 0.1) is 0 Å². The fourth-order valence-corrected chi connectivity index (χ4v) is 4.06. The molecule has 1 fully saturated rings. The molecule has 2 aromatic rings. The first-order valence-corrected chi connectivity index (χ1v) is 13.9. The van der Waals surface area contributed by atoms with E-state index in [-0.39, 0.29) is 11.8 Å². The van der Waals surface area contributed by atoms with Gasteiger partial charge < -0.3 is 33.9 Å². The number of rotatable bonds is 18. The van der Waals surface area contributed by atoms with Gasteiger partial charge in [0.1, 0.15) is 12.4 Å². The SMILES string of the molecule is CCCOCCOCCOCCOCCOc1cccc(C(=O)Nc2cccc(C(=O)N3CCCCC3)c2)c1. The minimum atomic E-state index is -0.270. The lowest BCUT2D eigenvalue weighted by atomic mass is 10.1. The number of ether oxygens (including phenoxy) is 5. The fraction of sp³-hybridized carbons (Fsp3) is 0.533. The number of nitrogens with zero attached hydrogens (tertiary/aromatic N) is 1. The van der Waals surface area contributed by atoms with Gasteiger partial charge in [-0.05, 0) is 62.1 Å². The van der Waals surface area contributed by atoms with Gasteiger partial charge in [-0.2, -0.15) is 0 Å². The third-order valence-electron chi connectivity index (χ3n) is 6.07. The lowest BCUT2D eigenvalue weighted by Gasteiger charge is -2.26. The zero-order valence-corrected chi connectivity index (χ0v) is 23.0. The van der Waals surface area contributed by atoms with Crippen molar-refractivity contribution in [2.24, 2.45) is 0 Å². The van der Waals surface area contributed by atoms with Gasteiger partial charge in [0.15, 0.2) is 0 Å². The van der Waals surface area contributed by atoms with Gasteiger partial charge in [0, 0.05) is 36.5 Å². The minimum absolute atomic E-state index is 0.00713. The topological polar surface area (TPSA) is 95.6 Å². The maximum absolute atomic E-state index is 12.8. The van der Waals surface area contributed by atoms with Crippen LogP contribution in [0.15, 0.2) is 48.5 Å². The molecule has 2 amide bonds. The van der Waals surface area contributed by atoms with Gasteiger partial charge >= 0.3 is 0 Å². The Kier molecular flexibility index (Phi) is 14.4. The van der Waals surface area contributed by atoms with Gasteiger partial charge in [-0.15, -0.1) is 0 Å². The van der Waals surface area contributed by atoms with Crippen molar-refractivity contribution in [3.63, 3.8) is 0 Å². The van der Waals surface area contributed by atoms with Crippen molar-refractivity contribution in [1.29, 1.82) is 0 Å². The van der Waals surface area contributed by atoms with E-state index in [0.29, 0.717) is 75.4 Å². The molecule has 9 nitrogen and oxygen atoms in total. The van der Waals surface area contributed by atoms with Gasteiger partial charge in [-0.3, -0.25) is 9.59 Å². The Morgan fingerprint density at radius 1 is 0.718 bits per heavy atom. The molecule has 9 heteroatoms. The second-order valence-corrected chi connectivity index (χ2v) is 9.21.